The number of hydrogen-bond acceptors (Lipinski definition) is 5. The molecule has 0 spiro atoms. The predicted octanol–water partition coefficient (Wildman–Crippen LogP) is 5.04. The Labute approximate surface area is 229 Å². The van der Waals surface area contributed by atoms with Gasteiger partial charge in [-0.15, -0.1) is 0 Å². The summed E-state index contributed by atoms with van der Waals surface area (Å²) < 4.78 is 5.26. The Balaban J connectivity index is 1.83. The van der Waals surface area contributed by atoms with E-state index in [9.17, 15) is 9.59 Å². The number of likely N-dealkylation sites (tertiary alicyclic amines) is 1. The van der Waals surface area contributed by atoms with Crippen molar-refractivity contribution in [2.24, 2.45) is 0 Å². The molecular formula is C32H47N3O3. The largest absolute Gasteiger partial charge is 0.383 e. The van der Waals surface area contributed by atoms with Crippen molar-refractivity contribution in [2.75, 3.05) is 33.4 Å². The van der Waals surface area contributed by atoms with E-state index in [4.69, 9.17) is 4.74 Å². The Hall–Kier alpha value is -2.54. The number of hydrogen-bond donors (Lipinski definition) is 1. The lowest BCUT2D eigenvalue weighted by Gasteiger charge is -2.43. The number of amides is 2. The van der Waals surface area contributed by atoms with E-state index in [-0.39, 0.29) is 23.3 Å². The summed E-state index contributed by atoms with van der Waals surface area (Å²) in [7, 11) is 1.66. The molecule has 1 N–H and O–H groups in total. The second kappa shape index (κ2) is 12.5. The van der Waals surface area contributed by atoms with Gasteiger partial charge < -0.3 is 10.1 Å². The standard InChI is InChI=1S/C32H47N3O3/c1-30(2,3)27-19-26(20-28(21-27)31(4,5)6)23-35(24-36)29(37)32(33-15-18-38-7)13-16-34(17-14-32)22-25-11-9-8-10-12-25/h8-12,19-21,24,33H,13-18,22-23H2,1-7H3. The van der Waals surface area contributed by atoms with Crippen molar-refractivity contribution in [3.05, 3.63) is 70.8 Å². The highest BCUT2D eigenvalue weighted by atomic mass is 16.5. The average molecular weight is 522 g/mol. The van der Waals surface area contributed by atoms with Crippen molar-refractivity contribution in [1.29, 1.82) is 0 Å². The molecule has 0 unspecified atom stereocenters. The highest BCUT2D eigenvalue weighted by molar-refractivity contribution is 5.93. The summed E-state index contributed by atoms with van der Waals surface area (Å²) >= 11 is 0. The monoisotopic (exact) mass is 521 g/mol. The molecule has 208 valence electrons. The van der Waals surface area contributed by atoms with Gasteiger partial charge >= 0.3 is 0 Å². The predicted molar refractivity (Wildman–Crippen MR) is 154 cm³/mol. The van der Waals surface area contributed by atoms with Crippen LogP contribution in [0.1, 0.15) is 76.6 Å². The van der Waals surface area contributed by atoms with E-state index in [1.807, 2.05) is 6.07 Å². The molecule has 6 heteroatoms. The van der Waals surface area contributed by atoms with Crippen LogP contribution in [0.4, 0.5) is 0 Å². The van der Waals surface area contributed by atoms with Crippen LogP contribution in [0.2, 0.25) is 0 Å². The first kappa shape index (κ1) is 30.0. The van der Waals surface area contributed by atoms with E-state index in [1.54, 1.807) is 7.11 Å². The molecule has 0 bridgehead atoms. The van der Waals surface area contributed by atoms with Crippen LogP contribution >= 0.6 is 0 Å². The molecule has 38 heavy (non-hydrogen) atoms. The lowest BCUT2D eigenvalue weighted by atomic mass is 9.79. The van der Waals surface area contributed by atoms with Crippen molar-refractivity contribution < 1.29 is 14.3 Å². The second-order valence-corrected chi connectivity index (χ2v) is 12.7. The van der Waals surface area contributed by atoms with Crippen molar-refractivity contribution >= 4 is 12.3 Å². The van der Waals surface area contributed by atoms with Gasteiger partial charge in [-0.3, -0.25) is 19.4 Å². The zero-order valence-electron chi connectivity index (χ0n) is 24.5. The van der Waals surface area contributed by atoms with Crippen molar-refractivity contribution in [2.45, 2.75) is 83.8 Å². The Kier molecular flexibility index (Phi) is 9.91. The van der Waals surface area contributed by atoms with Crippen molar-refractivity contribution in [1.82, 2.24) is 15.1 Å². The van der Waals surface area contributed by atoms with Gasteiger partial charge in [0.05, 0.1) is 13.2 Å². The Morgan fingerprint density at radius 2 is 1.55 bits per heavy atom. The summed E-state index contributed by atoms with van der Waals surface area (Å²) in [6, 6.07) is 17.0. The molecule has 2 aromatic carbocycles. The minimum atomic E-state index is -0.791. The fourth-order valence-electron chi connectivity index (χ4n) is 5.07. The topological polar surface area (TPSA) is 61.9 Å². The van der Waals surface area contributed by atoms with Gasteiger partial charge in [-0.2, -0.15) is 0 Å². The molecule has 2 aromatic rings. The quantitative estimate of drug-likeness (QED) is 0.351. The maximum Gasteiger partial charge on any atom is 0.249 e. The van der Waals surface area contributed by atoms with Gasteiger partial charge in [0.25, 0.3) is 0 Å². The fraction of sp³-hybridized carbons (Fsp3) is 0.562. The summed E-state index contributed by atoms with van der Waals surface area (Å²) in [6.45, 7) is 16.9. The molecule has 0 aromatic heterocycles. The maximum absolute atomic E-state index is 14.1. The molecule has 1 saturated heterocycles. The van der Waals surface area contributed by atoms with Crippen LogP contribution in [-0.2, 0) is 38.2 Å². The van der Waals surface area contributed by atoms with Gasteiger partial charge in [0, 0.05) is 33.3 Å². The van der Waals surface area contributed by atoms with Gasteiger partial charge in [0.15, 0.2) is 0 Å². The molecule has 6 nitrogen and oxygen atoms in total. The van der Waals surface area contributed by atoms with Gasteiger partial charge in [-0.1, -0.05) is 90.1 Å². The lowest BCUT2D eigenvalue weighted by molar-refractivity contribution is -0.146. The molecule has 3 rings (SSSR count). The average Bonchev–Trinajstić information content (AvgIpc) is 2.87. The summed E-state index contributed by atoms with van der Waals surface area (Å²) in [5.74, 6) is -0.151. The highest BCUT2D eigenvalue weighted by Gasteiger charge is 2.43. The normalized spacial score (nSPS) is 16.3. The summed E-state index contributed by atoms with van der Waals surface area (Å²) in [5.41, 5.74) is 3.79. The Morgan fingerprint density at radius 3 is 2.05 bits per heavy atom. The smallest absolute Gasteiger partial charge is 0.249 e. The summed E-state index contributed by atoms with van der Waals surface area (Å²) in [6.07, 6.45) is 1.99. The van der Waals surface area contributed by atoms with E-state index in [2.05, 4.69) is 94.2 Å². The van der Waals surface area contributed by atoms with Gasteiger partial charge in [-0.05, 0) is 45.9 Å². The van der Waals surface area contributed by atoms with Gasteiger partial charge in [0.1, 0.15) is 5.54 Å². The summed E-state index contributed by atoms with van der Waals surface area (Å²) in [4.78, 5) is 30.2. The van der Waals surface area contributed by atoms with Crippen molar-refractivity contribution in [3.63, 3.8) is 0 Å². The van der Waals surface area contributed by atoms with Crippen LogP contribution in [0.5, 0.6) is 0 Å². The zero-order chi connectivity index (χ0) is 28.0. The van der Waals surface area contributed by atoms with Gasteiger partial charge in [-0.25, -0.2) is 0 Å². The SMILES string of the molecule is COCCNC1(C(=O)N(C=O)Cc2cc(C(C)(C)C)cc(C(C)(C)C)c2)CCN(Cc2ccccc2)CC1. The van der Waals surface area contributed by atoms with Crippen LogP contribution in [0.3, 0.4) is 0 Å². The Morgan fingerprint density at radius 1 is 0.974 bits per heavy atom. The molecular weight excluding hydrogens is 474 g/mol. The first-order chi connectivity index (χ1) is 17.9. The molecule has 1 aliphatic heterocycles. The number of benzene rings is 2. The van der Waals surface area contributed by atoms with Crippen LogP contribution in [0.25, 0.3) is 0 Å². The third-order valence-corrected chi connectivity index (χ3v) is 7.60. The minimum Gasteiger partial charge on any atom is -0.383 e. The van der Waals surface area contributed by atoms with Crippen molar-refractivity contribution in [3.8, 4) is 0 Å². The van der Waals surface area contributed by atoms with Crippen LogP contribution in [0, 0.1) is 0 Å². The number of carbonyl (C=O) groups is 2. The molecule has 1 heterocycles. The van der Waals surface area contributed by atoms with Crippen LogP contribution in [-0.4, -0.2) is 61.0 Å². The number of methoxy groups -OCH3 is 1. The molecule has 1 aliphatic rings. The first-order valence-electron chi connectivity index (χ1n) is 13.8. The molecule has 0 radical (unpaired) electrons. The number of imide groups is 1. The van der Waals surface area contributed by atoms with Crippen LogP contribution in [0.15, 0.2) is 48.5 Å². The lowest BCUT2D eigenvalue weighted by Crippen LogP contribution is -2.62. The van der Waals surface area contributed by atoms with E-state index in [0.717, 1.165) is 25.2 Å². The maximum atomic E-state index is 14.1. The number of nitrogens with zero attached hydrogens (tertiary/aromatic N) is 2. The van der Waals surface area contributed by atoms with Crippen LogP contribution < -0.4 is 5.32 Å². The van der Waals surface area contributed by atoms with E-state index < -0.39 is 5.54 Å². The number of nitrogens with one attached hydrogen (secondary N) is 1. The number of ether oxygens (including phenoxy) is 1. The highest BCUT2D eigenvalue weighted by Crippen LogP contribution is 2.32. The molecule has 0 saturated carbocycles. The minimum absolute atomic E-state index is 0.0411. The molecule has 2 amide bonds. The third kappa shape index (κ3) is 7.75. The third-order valence-electron chi connectivity index (χ3n) is 7.60. The molecule has 0 aliphatic carbocycles. The number of carbonyl (C=O) groups excluding carboxylic acids is 2. The van der Waals surface area contributed by atoms with E-state index in [0.29, 0.717) is 32.4 Å². The fourth-order valence-corrected chi connectivity index (χ4v) is 5.07. The Bertz CT molecular complexity index is 1030. The second-order valence-electron chi connectivity index (χ2n) is 12.7. The van der Waals surface area contributed by atoms with Gasteiger partial charge in [0.2, 0.25) is 12.3 Å². The first-order valence-corrected chi connectivity index (χ1v) is 13.8. The zero-order valence-corrected chi connectivity index (χ0v) is 24.5. The van der Waals surface area contributed by atoms with E-state index >= 15 is 0 Å². The molecule has 1 fully saturated rings. The summed E-state index contributed by atoms with van der Waals surface area (Å²) in [5, 5.41) is 3.49. The molecule has 0 atom stereocenters. The number of rotatable bonds is 10. The van der Waals surface area contributed by atoms with E-state index in [1.165, 1.54) is 21.6 Å². The number of piperidine rings is 1.